The van der Waals surface area contributed by atoms with Gasteiger partial charge in [0.05, 0.1) is 0 Å². The molecule has 4 nitrogen and oxygen atoms in total. The third kappa shape index (κ3) is 2.61. The molecular formula is C12H22N4. The first kappa shape index (κ1) is 11.6. The molecule has 1 aromatic rings. The minimum absolute atomic E-state index is 0.555. The number of aryl methyl sites for hydroxylation is 1. The Labute approximate surface area is 97.5 Å². The van der Waals surface area contributed by atoms with Crippen molar-refractivity contribution in [2.45, 2.75) is 51.6 Å². The van der Waals surface area contributed by atoms with Gasteiger partial charge in [0, 0.05) is 19.0 Å². The molecule has 0 spiro atoms. The standard InChI is InChI=1S/C12H22N4/c1-3-16-12(14-9-15-16)8-11(13-2)7-10-5-4-6-10/h9-11,13H,3-8H2,1-2H3. The third-order valence-electron chi connectivity index (χ3n) is 3.68. The Kier molecular flexibility index (Phi) is 3.93. The zero-order valence-electron chi connectivity index (χ0n) is 10.3. The van der Waals surface area contributed by atoms with Crippen molar-refractivity contribution in [1.29, 1.82) is 0 Å². The summed E-state index contributed by atoms with van der Waals surface area (Å²) in [4.78, 5) is 4.34. The van der Waals surface area contributed by atoms with Gasteiger partial charge in [-0.2, -0.15) is 5.10 Å². The van der Waals surface area contributed by atoms with Crippen molar-refractivity contribution < 1.29 is 0 Å². The first-order valence-electron chi connectivity index (χ1n) is 6.37. The van der Waals surface area contributed by atoms with Crippen LogP contribution in [-0.4, -0.2) is 27.9 Å². The van der Waals surface area contributed by atoms with Gasteiger partial charge in [-0.05, 0) is 26.3 Å². The van der Waals surface area contributed by atoms with Gasteiger partial charge < -0.3 is 5.32 Å². The molecule has 90 valence electrons. The van der Waals surface area contributed by atoms with Crippen LogP contribution in [0.2, 0.25) is 0 Å². The molecule has 4 heteroatoms. The molecule has 0 aliphatic heterocycles. The summed E-state index contributed by atoms with van der Waals surface area (Å²) < 4.78 is 1.99. The molecule has 0 saturated heterocycles. The Bertz CT molecular complexity index is 317. The van der Waals surface area contributed by atoms with Gasteiger partial charge in [0.1, 0.15) is 12.2 Å². The van der Waals surface area contributed by atoms with E-state index in [1.165, 1.54) is 25.7 Å². The smallest absolute Gasteiger partial charge is 0.138 e. The monoisotopic (exact) mass is 222 g/mol. The summed E-state index contributed by atoms with van der Waals surface area (Å²) in [6, 6.07) is 0.555. The summed E-state index contributed by atoms with van der Waals surface area (Å²) >= 11 is 0. The second kappa shape index (κ2) is 5.43. The Morgan fingerprint density at radius 2 is 2.38 bits per heavy atom. The number of likely N-dealkylation sites (N-methyl/N-ethyl adjacent to an activating group) is 1. The van der Waals surface area contributed by atoms with E-state index in [1.807, 2.05) is 4.68 Å². The molecule has 2 rings (SSSR count). The van der Waals surface area contributed by atoms with Gasteiger partial charge in [0.2, 0.25) is 0 Å². The summed E-state index contributed by atoms with van der Waals surface area (Å²) in [5, 5.41) is 7.62. The molecule has 0 aromatic carbocycles. The quantitative estimate of drug-likeness (QED) is 0.795. The van der Waals surface area contributed by atoms with E-state index < -0.39 is 0 Å². The third-order valence-corrected chi connectivity index (χ3v) is 3.68. The van der Waals surface area contributed by atoms with E-state index in [0.29, 0.717) is 6.04 Å². The first-order chi connectivity index (χ1) is 7.83. The van der Waals surface area contributed by atoms with E-state index in [-0.39, 0.29) is 0 Å². The van der Waals surface area contributed by atoms with Crippen molar-refractivity contribution in [2.24, 2.45) is 5.92 Å². The molecule has 0 radical (unpaired) electrons. The van der Waals surface area contributed by atoms with Crippen LogP contribution in [0.1, 0.15) is 38.4 Å². The van der Waals surface area contributed by atoms with Crippen LogP contribution in [0.4, 0.5) is 0 Å². The molecule has 1 aliphatic rings. The fourth-order valence-corrected chi connectivity index (χ4v) is 2.36. The van der Waals surface area contributed by atoms with Crippen LogP contribution in [0.25, 0.3) is 0 Å². The van der Waals surface area contributed by atoms with Gasteiger partial charge in [0.15, 0.2) is 0 Å². The molecule has 1 heterocycles. The summed E-state index contributed by atoms with van der Waals surface area (Å²) in [5.41, 5.74) is 0. The zero-order chi connectivity index (χ0) is 11.4. The van der Waals surface area contributed by atoms with Crippen molar-refractivity contribution in [1.82, 2.24) is 20.1 Å². The fraction of sp³-hybridized carbons (Fsp3) is 0.833. The van der Waals surface area contributed by atoms with Crippen LogP contribution in [0.5, 0.6) is 0 Å². The molecule has 1 atom stereocenters. The highest BCUT2D eigenvalue weighted by Gasteiger charge is 2.22. The van der Waals surface area contributed by atoms with Crippen LogP contribution in [0.3, 0.4) is 0 Å². The largest absolute Gasteiger partial charge is 0.317 e. The highest BCUT2D eigenvalue weighted by molar-refractivity contribution is 4.90. The second-order valence-corrected chi connectivity index (χ2v) is 4.71. The van der Waals surface area contributed by atoms with Crippen molar-refractivity contribution in [2.75, 3.05) is 7.05 Å². The lowest BCUT2D eigenvalue weighted by molar-refractivity contribution is 0.261. The topological polar surface area (TPSA) is 42.7 Å². The number of nitrogens with zero attached hydrogens (tertiary/aromatic N) is 3. The molecular weight excluding hydrogens is 200 g/mol. The van der Waals surface area contributed by atoms with Crippen LogP contribution >= 0.6 is 0 Å². The molecule has 1 aromatic heterocycles. The van der Waals surface area contributed by atoms with Crippen molar-refractivity contribution in [3.8, 4) is 0 Å². The molecule has 1 aliphatic carbocycles. The van der Waals surface area contributed by atoms with E-state index in [4.69, 9.17) is 0 Å². The molecule has 0 bridgehead atoms. The van der Waals surface area contributed by atoms with Crippen LogP contribution in [0, 0.1) is 5.92 Å². The minimum Gasteiger partial charge on any atom is -0.317 e. The fourth-order valence-electron chi connectivity index (χ4n) is 2.36. The predicted molar refractivity (Wildman–Crippen MR) is 64.2 cm³/mol. The Hall–Kier alpha value is -0.900. The van der Waals surface area contributed by atoms with Crippen molar-refractivity contribution >= 4 is 0 Å². The van der Waals surface area contributed by atoms with E-state index in [1.54, 1.807) is 6.33 Å². The van der Waals surface area contributed by atoms with Crippen molar-refractivity contribution in [3.63, 3.8) is 0 Å². The average Bonchev–Trinajstić information content (AvgIpc) is 2.68. The SMILES string of the molecule is CCn1ncnc1CC(CC1CCC1)NC. The van der Waals surface area contributed by atoms with E-state index in [9.17, 15) is 0 Å². The summed E-state index contributed by atoms with van der Waals surface area (Å²) in [6.45, 7) is 3.02. The maximum absolute atomic E-state index is 4.34. The van der Waals surface area contributed by atoms with Gasteiger partial charge in [-0.15, -0.1) is 0 Å². The number of hydrogen-bond acceptors (Lipinski definition) is 3. The van der Waals surface area contributed by atoms with Gasteiger partial charge in [-0.25, -0.2) is 4.98 Å². The Morgan fingerprint density at radius 3 is 2.94 bits per heavy atom. The highest BCUT2D eigenvalue weighted by atomic mass is 15.3. The minimum atomic E-state index is 0.555. The molecule has 16 heavy (non-hydrogen) atoms. The maximum Gasteiger partial charge on any atom is 0.138 e. The van der Waals surface area contributed by atoms with E-state index >= 15 is 0 Å². The average molecular weight is 222 g/mol. The summed E-state index contributed by atoms with van der Waals surface area (Å²) in [5.74, 6) is 2.05. The number of rotatable bonds is 6. The molecule has 0 amide bonds. The number of aromatic nitrogens is 3. The Balaban J connectivity index is 1.89. The molecule has 1 fully saturated rings. The van der Waals surface area contributed by atoms with Gasteiger partial charge >= 0.3 is 0 Å². The summed E-state index contributed by atoms with van der Waals surface area (Å²) in [7, 11) is 2.05. The van der Waals surface area contributed by atoms with Gasteiger partial charge in [-0.1, -0.05) is 19.3 Å². The van der Waals surface area contributed by atoms with E-state index in [2.05, 4.69) is 29.4 Å². The molecule has 1 N–H and O–H groups in total. The van der Waals surface area contributed by atoms with Crippen LogP contribution < -0.4 is 5.32 Å². The second-order valence-electron chi connectivity index (χ2n) is 4.71. The highest BCUT2D eigenvalue weighted by Crippen LogP contribution is 2.30. The predicted octanol–water partition coefficient (Wildman–Crippen LogP) is 1.62. The first-order valence-corrected chi connectivity index (χ1v) is 6.37. The lowest BCUT2D eigenvalue weighted by Crippen LogP contribution is -2.33. The van der Waals surface area contributed by atoms with Gasteiger partial charge in [0.25, 0.3) is 0 Å². The van der Waals surface area contributed by atoms with Crippen LogP contribution in [0.15, 0.2) is 6.33 Å². The zero-order valence-corrected chi connectivity index (χ0v) is 10.3. The van der Waals surface area contributed by atoms with Gasteiger partial charge in [-0.3, -0.25) is 4.68 Å². The number of nitrogens with one attached hydrogen (secondary N) is 1. The lowest BCUT2D eigenvalue weighted by atomic mass is 9.80. The lowest BCUT2D eigenvalue weighted by Gasteiger charge is -2.29. The van der Waals surface area contributed by atoms with Crippen molar-refractivity contribution in [3.05, 3.63) is 12.2 Å². The number of hydrogen-bond donors (Lipinski definition) is 1. The normalized spacial score (nSPS) is 18.4. The Morgan fingerprint density at radius 1 is 1.56 bits per heavy atom. The maximum atomic E-state index is 4.34. The van der Waals surface area contributed by atoms with Crippen LogP contribution in [-0.2, 0) is 13.0 Å². The molecule has 1 saturated carbocycles. The summed E-state index contributed by atoms with van der Waals surface area (Å²) in [6.07, 6.45) is 8.20. The molecule has 1 unspecified atom stereocenters. The van der Waals surface area contributed by atoms with E-state index in [0.717, 1.165) is 24.7 Å².